The summed E-state index contributed by atoms with van der Waals surface area (Å²) >= 11 is 6.13. The highest BCUT2D eigenvalue weighted by Crippen LogP contribution is 2.31. The summed E-state index contributed by atoms with van der Waals surface area (Å²) in [6.07, 6.45) is -0.785. The number of aliphatic hydroxyl groups is 1. The van der Waals surface area contributed by atoms with Gasteiger partial charge in [-0.15, -0.1) is 0 Å². The summed E-state index contributed by atoms with van der Waals surface area (Å²) in [6.45, 7) is 0.518. The first kappa shape index (κ1) is 13.9. The zero-order valence-electron chi connectivity index (χ0n) is 11.5. The Kier molecular flexibility index (Phi) is 3.57. The van der Waals surface area contributed by atoms with Crippen molar-refractivity contribution in [3.8, 4) is 0 Å². The van der Waals surface area contributed by atoms with Crippen LogP contribution in [0.2, 0.25) is 5.02 Å². The van der Waals surface area contributed by atoms with E-state index >= 15 is 0 Å². The number of aliphatic hydroxyl groups excluding tert-OH is 1. The SMILES string of the molecule is CN1Cc2cc(C(O)c3ccccc3Cl)ccc2NC1=O. The summed E-state index contributed by atoms with van der Waals surface area (Å²) < 4.78 is 0. The van der Waals surface area contributed by atoms with Crippen LogP contribution in [-0.2, 0) is 6.54 Å². The van der Waals surface area contributed by atoms with Gasteiger partial charge in [-0.25, -0.2) is 4.79 Å². The molecule has 21 heavy (non-hydrogen) atoms. The number of carbonyl (C=O) groups excluding carboxylic acids is 1. The molecular formula is C16H15ClN2O2. The highest BCUT2D eigenvalue weighted by atomic mass is 35.5. The van der Waals surface area contributed by atoms with E-state index in [1.165, 1.54) is 0 Å². The number of hydrogen-bond acceptors (Lipinski definition) is 2. The van der Waals surface area contributed by atoms with Gasteiger partial charge in [0.05, 0.1) is 0 Å². The van der Waals surface area contributed by atoms with E-state index in [2.05, 4.69) is 5.32 Å². The van der Waals surface area contributed by atoms with Gasteiger partial charge in [-0.3, -0.25) is 0 Å². The fourth-order valence-corrected chi connectivity index (χ4v) is 2.69. The smallest absolute Gasteiger partial charge is 0.321 e. The number of carbonyl (C=O) groups is 1. The third-order valence-corrected chi connectivity index (χ3v) is 3.98. The number of amides is 2. The predicted octanol–water partition coefficient (Wildman–Crippen LogP) is 3.40. The minimum Gasteiger partial charge on any atom is -0.384 e. The fourth-order valence-electron chi connectivity index (χ4n) is 2.45. The standard InChI is InChI=1S/C16H15ClN2O2/c1-19-9-11-8-10(6-7-14(11)18-16(19)21)15(20)12-4-2-3-5-13(12)17/h2-8,15,20H,9H2,1H3,(H,18,21). The maximum atomic E-state index is 11.6. The van der Waals surface area contributed by atoms with Gasteiger partial charge in [0.15, 0.2) is 0 Å². The van der Waals surface area contributed by atoms with Gasteiger partial charge < -0.3 is 15.3 Å². The topological polar surface area (TPSA) is 52.6 Å². The summed E-state index contributed by atoms with van der Waals surface area (Å²) in [6, 6.07) is 12.6. The second-order valence-electron chi connectivity index (χ2n) is 5.13. The van der Waals surface area contributed by atoms with E-state index in [4.69, 9.17) is 11.6 Å². The van der Waals surface area contributed by atoms with Crippen LogP contribution < -0.4 is 5.32 Å². The lowest BCUT2D eigenvalue weighted by Gasteiger charge is -2.27. The Morgan fingerprint density at radius 3 is 2.81 bits per heavy atom. The largest absolute Gasteiger partial charge is 0.384 e. The van der Waals surface area contributed by atoms with Crippen LogP contribution in [0.5, 0.6) is 0 Å². The molecule has 2 aromatic carbocycles. The number of hydrogen-bond donors (Lipinski definition) is 2. The average Bonchev–Trinajstić information content (AvgIpc) is 2.48. The highest BCUT2D eigenvalue weighted by Gasteiger charge is 2.21. The number of fused-ring (bicyclic) bond motifs is 1. The number of rotatable bonds is 2. The van der Waals surface area contributed by atoms with Gasteiger partial charge in [-0.1, -0.05) is 35.9 Å². The van der Waals surface area contributed by atoms with E-state index in [9.17, 15) is 9.90 Å². The first-order valence-electron chi connectivity index (χ1n) is 6.63. The molecule has 0 saturated carbocycles. The Labute approximate surface area is 128 Å². The minimum absolute atomic E-state index is 0.123. The van der Waals surface area contributed by atoms with Crippen molar-refractivity contribution in [2.45, 2.75) is 12.6 Å². The van der Waals surface area contributed by atoms with Crippen molar-refractivity contribution in [3.05, 3.63) is 64.2 Å². The van der Waals surface area contributed by atoms with Crippen LogP contribution >= 0.6 is 11.6 Å². The summed E-state index contributed by atoms with van der Waals surface area (Å²) in [5.74, 6) is 0. The van der Waals surface area contributed by atoms with Crippen molar-refractivity contribution < 1.29 is 9.90 Å². The van der Waals surface area contributed by atoms with E-state index in [1.807, 2.05) is 24.3 Å². The summed E-state index contributed by atoms with van der Waals surface area (Å²) in [5.41, 5.74) is 3.19. The molecule has 0 fully saturated rings. The van der Waals surface area contributed by atoms with Crippen molar-refractivity contribution in [3.63, 3.8) is 0 Å². The third-order valence-electron chi connectivity index (χ3n) is 3.64. The molecule has 1 heterocycles. The molecule has 0 saturated heterocycles. The molecule has 108 valence electrons. The molecule has 0 radical (unpaired) electrons. The molecule has 1 aliphatic heterocycles. The number of nitrogens with zero attached hydrogens (tertiary/aromatic N) is 1. The number of urea groups is 1. The van der Waals surface area contributed by atoms with E-state index in [0.29, 0.717) is 17.1 Å². The van der Waals surface area contributed by atoms with Crippen molar-refractivity contribution in [2.75, 3.05) is 12.4 Å². The van der Waals surface area contributed by atoms with Gasteiger partial charge >= 0.3 is 6.03 Å². The Balaban J connectivity index is 1.96. The van der Waals surface area contributed by atoms with Gasteiger partial charge in [-0.2, -0.15) is 0 Å². The van der Waals surface area contributed by atoms with Crippen molar-refractivity contribution in [1.29, 1.82) is 0 Å². The summed E-state index contributed by atoms with van der Waals surface area (Å²) in [4.78, 5) is 13.2. The highest BCUT2D eigenvalue weighted by molar-refractivity contribution is 6.31. The molecule has 1 aliphatic rings. The molecule has 2 aromatic rings. The number of benzene rings is 2. The molecule has 0 aliphatic carbocycles. The van der Waals surface area contributed by atoms with Crippen LogP contribution in [0.25, 0.3) is 0 Å². The molecule has 3 rings (SSSR count). The van der Waals surface area contributed by atoms with Crippen molar-refractivity contribution in [2.24, 2.45) is 0 Å². The summed E-state index contributed by atoms with van der Waals surface area (Å²) in [7, 11) is 1.73. The van der Waals surface area contributed by atoms with Gasteiger partial charge in [0, 0.05) is 29.9 Å². The minimum atomic E-state index is -0.785. The lowest BCUT2D eigenvalue weighted by atomic mass is 9.98. The Bertz CT molecular complexity index is 702. The number of anilines is 1. The molecule has 0 aromatic heterocycles. The van der Waals surface area contributed by atoms with Crippen molar-refractivity contribution in [1.82, 2.24) is 4.90 Å². The summed E-state index contributed by atoms with van der Waals surface area (Å²) in [5, 5.41) is 13.8. The Hall–Kier alpha value is -2.04. The van der Waals surface area contributed by atoms with Crippen molar-refractivity contribution >= 4 is 23.3 Å². The maximum Gasteiger partial charge on any atom is 0.321 e. The average molecular weight is 303 g/mol. The number of nitrogens with one attached hydrogen (secondary N) is 1. The van der Waals surface area contributed by atoms with Crippen LogP contribution in [-0.4, -0.2) is 23.1 Å². The first-order chi connectivity index (χ1) is 10.1. The number of halogens is 1. The molecular weight excluding hydrogens is 288 g/mol. The van der Waals surface area contributed by atoms with Gasteiger partial charge in [0.25, 0.3) is 0 Å². The lowest BCUT2D eigenvalue weighted by Crippen LogP contribution is -2.35. The Morgan fingerprint density at radius 2 is 2.05 bits per heavy atom. The van der Waals surface area contributed by atoms with E-state index < -0.39 is 6.10 Å². The Morgan fingerprint density at radius 1 is 1.29 bits per heavy atom. The molecule has 4 nitrogen and oxygen atoms in total. The van der Waals surface area contributed by atoms with Crippen LogP contribution in [0.3, 0.4) is 0 Å². The quantitative estimate of drug-likeness (QED) is 0.893. The van der Waals surface area contributed by atoms with Crippen LogP contribution in [0.4, 0.5) is 10.5 Å². The van der Waals surface area contributed by atoms with Crippen LogP contribution in [0, 0.1) is 0 Å². The third kappa shape index (κ3) is 2.60. The predicted molar refractivity (Wildman–Crippen MR) is 82.4 cm³/mol. The lowest BCUT2D eigenvalue weighted by molar-refractivity contribution is 0.217. The van der Waals surface area contributed by atoms with E-state index in [-0.39, 0.29) is 6.03 Å². The van der Waals surface area contributed by atoms with Gasteiger partial charge in [0.1, 0.15) is 6.10 Å². The molecule has 2 amide bonds. The van der Waals surface area contributed by atoms with Crippen LogP contribution in [0.1, 0.15) is 22.8 Å². The molecule has 5 heteroatoms. The zero-order valence-corrected chi connectivity index (χ0v) is 12.3. The molecule has 0 bridgehead atoms. The monoisotopic (exact) mass is 302 g/mol. The zero-order chi connectivity index (χ0) is 15.0. The second-order valence-corrected chi connectivity index (χ2v) is 5.53. The first-order valence-corrected chi connectivity index (χ1v) is 7.01. The molecule has 2 N–H and O–H groups in total. The van der Waals surface area contributed by atoms with E-state index in [0.717, 1.165) is 16.8 Å². The second kappa shape index (κ2) is 5.39. The molecule has 1 atom stereocenters. The molecule has 0 spiro atoms. The van der Waals surface area contributed by atoms with Gasteiger partial charge in [0.2, 0.25) is 0 Å². The van der Waals surface area contributed by atoms with Gasteiger partial charge in [-0.05, 0) is 29.3 Å². The van der Waals surface area contributed by atoms with E-state index in [1.54, 1.807) is 30.1 Å². The maximum absolute atomic E-state index is 11.6. The van der Waals surface area contributed by atoms with Crippen LogP contribution in [0.15, 0.2) is 42.5 Å². The normalized spacial score (nSPS) is 15.4. The fraction of sp³-hybridized carbons (Fsp3) is 0.188. The molecule has 1 unspecified atom stereocenters.